The molecule has 0 saturated carbocycles. The topological polar surface area (TPSA) is 198 Å². The van der Waals surface area contributed by atoms with Crippen molar-refractivity contribution in [3.8, 4) is 5.75 Å². The molecule has 0 spiro atoms. The van der Waals surface area contributed by atoms with Gasteiger partial charge >= 0.3 is 0 Å². The number of aliphatic hydroxyl groups is 5. The molecule has 7 N–H and O–H groups in total. The number of β-lactam (4-membered cyclic amide) rings is 1. The average molecular weight is 824 g/mol. The molecule has 1 heterocycles. The van der Waals surface area contributed by atoms with Crippen molar-refractivity contribution in [2.24, 2.45) is 5.92 Å². The van der Waals surface area contributed by atoms with Crippen molar-refractivity contribution in [3.05, 3.63) is 95.3 Å². The molecule has 3 aromatic carbocycles. The summed E-state index contributed by atoms with van der Waals surface area (Å²) in [4.78, 5) is 40.1. The third kappa shape index (κ3) is 14.1. The molecule has 13 nitrogen and oxygen atoms in total. The Bertz CT molecular complexity index is 1710. The highest BCUT2D eigenvalue weighted by Crippen LogP contribution is 2.46. The van der Waals surface area contributed by atoms with Crippen LogP contribution < -0.4 is 20.3 Å². The largest absolute Gasteiger partial charge is 0.497 e. The lowest BCUT2D eigenvalue weighted by molar-refractivity contribution is -0.148. The standard InChI is InChI=1S/C45H62FN3O10/c1-58-35-23-17-32(18-24-35)40-36(25-26-38(59-2)31-15-19-33(46)20-16-31)45(57)49(40)34-21-13-30(14-22-34)28-48-39(52)12-10-8-6-4-3-5-7-9-11-27-47-44(56)43(55)42(54)41(53)37(51)29-50/h13-24,36-38,40-43,50-51,53-55H,3-12,25-29H2,1-2H3,(H,47,56)(H,48,52)/t36-,37-,38+,40-,41-,42+,43-/m1/s1. The van der Waals surface area contributed by atoms with Gasteiger partial charge in [-0.3, -0.25) is 14.4 Å². The lowest BCUT2D eigenvalue weighted by atomic mass is 9.78. The van der Waals surface area contributed by atoms with Gasteiger partial charge in [0.25, 0.3) is 5.91 Å². The Morgan fingerprint density at radius 2 is 1.39 bits per heavy atom. The second-order valence-electron chi connectivity index (χ2n) is 15.2. The molecule has 14 heteroatoms. The van der Waals surface area contributed by atoms with Crippen molar-refractivity contribution < 1.29 is 53.8 Å². The van der Waals surface area contributed by atoms with Gasteiger partial charge in [0.05, 0.1) is 31.8 Å². The van der Waals surface area contributed by atoms with Crippen LogP contribution in [0.5, 0.6) is 5.75 Å². The van der Waals surface area contributed by atoms with Crippen molar-refractivity contribution in [3.63, 3.8) is 0 Å². The minimum Gasteiger partial charge on any atom is -0.497 e. The first-order valence-electron chi connectivity index (χ1n) is 20.7. The van der Waals surface area contributed by atoms with Crippen molar-refractivity contribution in [1.29, 1.82) is 0 Å². The summed E-state index contributed by atoms with van der Waals surface area (Å²) in [5.41, 5.74) is 3.58. The lowest BCUT2D eigenvalue weighted by Crippen LogP contribution is -2.55. The van der Waals surface area contributed by atoms with Gasteiger partial charge in [0.2, 0.25) is 11.8 Å². The molecule has 7 atom stereocenters. The van der Waals surface area contributed by atoms with Crippen molar-refractivity contribution in [2.75, 3.05) is 32.3 Å². The number of nitrogens with zero attached hydrogens (tertiary/aromatic N) is 1. The van der Waals surface area contributed by atoms with E-state index in [0.717, 1.165) is 79.5 Å². The van der Waals surface area contributed by atoms with Gasteiger partial charge < -0.3 is 50.5 Å². The van der Waals surface area contributed by atoms with E-state index in [1.54, 1.807) is 26.4 Å². The lowest BCUT2D eigenvalue weighted by Gasteiger charge is -2.48. The predicted octanol–water partition coefficient (Wildman–Crippen LogP) is 4.78. The Kier molecular flexibility index (Phi) is 19.7. The van der Waals surface area contributed by atoms with Crippen LogP contribution in [0.25, 0.3) is 0 Å². The molecule has 0 unspecified atom stereocenters. The fourth-order valence-electron chi connectivity index (χ4n) is 7.43. The molecule has 1 saturated heterocycles. The molecule has 324 valence electrons. The molecular weight excluding hydrogens is 762 g/mol. The van der Waals surface area contributed by atoms with Crippen LogP contribution >= 0.6 is 0 Å². The molecule has 59 heavy (non-hydrogen) atoms. The molecule has 0 radical (unpaired) electrons. The zero-order valence-corrected chi connectivity index (χ0v) is 34.2. The summed E-state index contributed by atoms with van der Waals surface area (Å²) in [6.07, 6.45) is 2.59. The number of amides is 3. The van der Waals surface area contributed by atoms with E-state index in [9.17, 15) is 39.2 Å². The molecular formula is C45H62FN3O10. The van der Waals surface area contributed by atoms with Gasteiger partial charge in [-0.1, -0.05) is 81.3 Å². The fraction of sp³-hybridized carbons (Fsp3) is 0.533. The number of benzene rings is 3. The molecule has 0 bridgehead atoms. The van der Waals surface area contributed by atoms with Gasteiger partial charge in [0.15, 0.2) is 6.10 Å². The quantitative estimate of drug-likeness (QED) is 0.0415. The maximum absolute atomic E-state index is 13.7. The fourth-order valence-corrected chi connectivity index (χ4v) is 7.43. The second-order valence-corrected chi connectivity index (χ2v) is 15.2. The van der Waals surface area contributed by atoms with Crippen LogP contribution in [-0.4, -0.2) is 95.0 Å². The van der Waals surface area contributed by atoms with Crippen LogP contribution in [0.3, 0.4) is 0 Å². The number of hydrogen-bond donors (Lipinski definition) is 7. The summed E-state index contributed by atoms with van der Waals surface area (Å²) in [7, 11) is 3.24. The number of rotatable bonds is 27. The smallest absolute Gasteiger partial charge is 0.251 e. The predicted molar refractivity (Wildman–Crippen MR) is 221 cm³/mol. The van der Waals surface area contributed by atoms with E-state index in [-0.39, 0.29) is 35.7 Å². The summed E-state index contributed by atoms with van der Waals surface area (Å²) in [6, 6.07) is 21.5. The number of carbonyl (C=O) groups is 3. The normalized spacial score (nSPS) is 17.7. The van der Waals surface area contributed by atoms with E-state index in [1.807, 2.05) is 53.4 Å². The number of nitrogens with one attached hydrogen (secondary N) is 2. The zero-order valence-electron chi connectivity index (χ0n) is 34.2. The van der Waals surface area contributed by atoms with Crippen LogP contribution in [-0.2, 0) is 25.7 Å². The van der Waals surface area contributed by atoms with Gasteiger partial charge in [0.1, 0.15) is 29.9 Å². The van der Waals surface area contributed by atoms with Crippen LogP contribution in [0.1, 0.15) is 106 Å². The first-order chi connectivity index (χ1) is 28.5. The van der Waals surface area contributed by atoms with E-state index in [1.165, 1.54) is 12.1 Å². The first-order valence-corrected chi connectivity index (χ1v) is 20.7. The molecule has 1 aliphatic heterocycles. The number of halogens is 1. The Hall–Kier alpha value is -4.44. The van der Waals surface area contributed by atoms with Crippen LogP contribution in [0.15, 0.2) is 72.8 Å². The summed E-state index contributed by atoms with van der Waals surface area (Å²) >= 11 is 0. The average Bonchev–Trinajstić information content (AvgIpc) is 3.26. The molecule has 1 aliphatic rings. The van der Waals surface area contributed by atoms with Gasteiger partial charge in [-0.05, 0) is 78.8 Å². The number of ether oxygens (including phenoxy) is 2. The van der Waals surface area contributed by atoms with Crippen LogP contribution in [0, 0.1) is 11.7 Å². The Morgan fingerprint density at radius 3 is 1.98 bits per heavy atom. The maximum Gasteiger partial charge on any atom is 0.251 e. The summed E-state index contributed by atoms with van der Waals surface area (Å²) in [5, 5.41) is 53.0. The SMILES string of the molecule is COc1ccc([C@@H]2[C@@H](CC[C@H](OC)c3ccc(F)cc3)C(=O)N2c2ccc(CNC(=O)CCCCCCCCCCCNC(=O)[C@H](O)[C@@H](O)[C@H](O)[C@H](O)CO)cc2)cc1. The van der Waals surface area contributed by atoms with E-state index in [4.69, 9.17) is 14.6 Å². The van der Waals surface area contributed by atoms with Gasteiger partial charge in [-0.25, -0.2) is 4.39 Å². The van der Waals surface area contributed by atoms with Gasteiger partial charge in [-0.15, -0.1) is 0 Å². The first kappa shape index (κ1) is 47.2. The van der Waals surface area contributed by atoms with E-state index < -0.39 is 36.9 Å². The van der Waals surface area contributed by atoms with E-state index >= 15 is 0 Å². The monoisotopic (exact) mass is 823 g/mol. The number of hydrogen-bond acceptors (Lipinski definition) is 10. The van der Waals surface area contributed by atoms with Crippen molar-refractivity contribution in [1.82, 2.24) is 10.6 Å². The number of carbonyl (C=O) groups excluding carboxylic acids is 3. The van der Waals surface area contributed by atoms with Gasteiger partial charge in [-0.2, -0.15) is 0 Å². The Balaban J connectivity index is 1.11. The van der Waals surface area contributed by atoms with Crippen LogP contribution in [0.4, 0.5) is 10.1 Å². The third-order valence-electron chi connectivity index (χ3n) is 11.0. The third-order valence-corrected chi connectivity index (χ3v) is 11.0. The summed E-state index contributed by atoms with van der Waals surface area (Å²) < 4.78 is 24.6. The maximum atomic E-state index is 13.7. The molecule has 4 rings (SSSR count). The molecule has 0 aromatic heterocycles. The Morgan fingerprint density at radius 1 is 0.780 bits per heavy atom. The number of unbranched alkanes of at least 4 members (excludes halogenated alkanes) is 8. The highest BCUT2D eigenvalue weighted by atomic mass is 19.1. The number of aliphatic hydroxyl groups excluding tert-OH is 5. The molecule has 0 aliphatic carbocycles. The van der Waals surface area contributed by atoms with E-state index in [2.05, 4.69) is 10.6 Å². The highest BCUT2D eigenvalue weighted by Gasteiger charge is 2.48. The molecule has 1 fully saturated rings. The van der Waals surface area contributed by atoms with Gasteiger partial charge in [0, 0.05) is 32.3 Å². The Labute approximate surface area is 346 Å². The highest BCUT2D eigenvalue weighted by molar-refractivity contribution is 6.03. The molecule has 3 aromatic rings. The van der Waals surface area contributed by atoms with E-state index in [0.29, 0.717) is 38.8 Å². The minimum atomic E-state index is -1.92. The second kappa shape index (κ2) is 24.6. The summed E-state index contributed by atoms with van der Waals surface area (Å²) in [5.74, 6) is -0.668. The summed E-state index contributed by atoms with van der Waals surface area (Å²) in [6.45, 7) is -0.117. The van der Waals surface area contributed by atoms with Crippen molar-refractivity contribution >= 4 is 23.4 Å². The number of methoxy groups -OCH3 is 2. The zero-order chi connectivity index (χ0) is 42.7. The van der Waals surface area contributed by atoms with Crippen LogP contribution in [0.2, 0.25) is 0 Å². The number of anilines is 1. The minimum absolute atomic E-state index is 0.00235. The molecule has 3 amide bonds. The van der Waals surface area contributed by atoms with Crippen molar-refractivity contribution in [2.45, 2.75) is 120 Å².